The number of nitrogens with zero attached hydrogens (tertiary/aromatic N) is 4. The number of hydrogen-bond acceptors (Lipinski definition) is 3. The van der Waals surface area contributed by atoms with Crippen LogP contribution in [0.5, 0.6) is 0 Å². The smallest absolute Gasteiger partial charge is 0.164 e. The summed E-state index contributed by atoms with van der Waals surface area (Å²) in [6.07, 6.45) is 3.58. The molecule has 5 aromatic rings. The van der Waals surface area contributed by atoms with Gasteiger partial charge in [0, 0.05) is 17.3 Å². The normalized spacial score (nSPS) is 11.2. The van der Waals surface area contributed by atoms with Crippen LogP contribution in [0.1, 0.15) is 0 Å². The number of aromatic nitrogens is 4. The molecule has 0 saturated heterocycles. The Morgan fingerprint density at radius 2 is 1.52 bits per heavy atom. The Morgan fingerprint density at radius 1 is 0.680 bits per heavy atom. The van der Waals surface area contributed by atoms with Crippen LogP contribution in [0.2, 0.25) is 0 Å². The summed E-state index contributed by atoms with van der Waals surface area (Å²) >= 11 is 0. The second-order valence-electron chi connectivity index (χ2n) is 5.86. The molecule has 4 nitrogen and oxygen atoms in total. The molecule has 0 saturated carbocycles. The van der Waals surface area contributed by atoms with E-state index in [1.807, 2.05) is 48.5 Å². The van der Waals surface area contributed by atoms with Crippen LogP contribution in [0.4, 0.5) is 0 Å². The number of pyridine rings is 2. The third-order valence-electron chi connectivity index (χ3n) is 4.30. The number of imidazole rings is 1. The quantitative estimate of drug-likeness (QED) is 0.476. The number of hydrogen-bond donors (Lipinski definition) is 0. The highest BCUT2D eigenvalue weighted by atomic mass is 15.1. The standard InChI is InChI=1S/C21H14N4/c1-2-7-16(8-3-1)25-20-12-13-22-14-19(20)24-21(25)18-11-10-15-6-4-5-9-17(15)23-18/h1-14H. The van der Waals surface area contributed by atoms with Crippen LogP contribution in [-0.4, -0.2) is 19.5 Å². The number of fused-ring (bicyclic) bond motifs is 2. The van der Waals surface area contributed by atoms with Gasteiger partial charge in [-0.15, -0.1) is 0 Å². The maximum absolute atomic E-state index is 4.82. The Hall–Kier alpha value is -3.53. The number of benzene rings is 2. The van der Waals surface area contributed by atoms with E-state index in [1.54, 1.807) is 12.4 Å². The van der Waals surface area contributed by atoms with Crippen molar-refractivity contribution in [1.82, 2.24) is 19.5 Å². The van der Waals surface area contributed by atoms with Gasteiger partial charge in [0.25, 0.3) is 0 Å². The maximum atomic E-state index is 4.82. The fourth-order valence-electron chi connectivity index (χ4n) is 3.13. The van der Waals surface area contributed by atoms with E-state index in [1.165, 1.54) is 0 Å². The van der Waals surface area contributed by atoms with Crippen LogP contribution in [0, 0.1) is 0 Å². The lowest BCUT2D eigenvalue weighted by Gasteiger charge is -2.09. The zero-order valence-corrected chi connectivity index (χ0v) is 13.4. The largest absolute Gasteiger partial charge is 0.291 e. The predicted molar refractivity (Wildman–Crippen MR) is 99.6 cm³/mol. The molecule has 0 fully saturated rings. The van der Waals surface area contributed by atoms with Crippen molar-refractivity contribution in [2.75, 3.05) is 0 Å². The fraction of sp³-hybridized carbons (Fsp3) is 0. The molecule has 4 heteroatoms. The predicted octanol–water partition coefficient (Wildman–Crippen LogP) is 4.64. The summed E-state index contributed by atoms with van der Waals surface area (Å²) in [5, 5.41) is 1.12. The first-order chi connectivity index (χ1) is 12.4. The highest BCUT2D eigenvalue weighted by molar-refractivity contribution is 5.84. The lowest BCUT2D eigenvalue weighted by Crippen LogP contribution is -1.98. The Morgan fingerprint density at radius 3 is 2.44 bits per heavy atom. The minimum Gasteiger partial charge on any atom is -0.291 e. The van der Waals surface area contributed by atoms with Gasteiger partial charge in [-0.25, -0.2) is 9.97 Å². The zero-order valence-electron chi connectivity index (χ0n) is 13.4. The van der Waals surface area contributed by atoms with Crippen molar-refractivity contribution in [3.63, 3.8) is 0 Å². The van der Waals surface area contributed by atoms with Crippen molar-refractivity contribution in [3.8, 4) is 17.2 Å². The van der Waals surface area contributed by atoms with Gasteiger partial charge in [-0.05, 0) is 30.3 Å². The van der Waals surface area contributed by atoms with E-state index in [-0.39, 0.29) is 0 Å². The topological polar surface area (TPSA) is 43.6 Å². The molecule has 25 heavy (non-hydrogen) atoms. The molecular weight excluding hydrogens is 308 g/mol. The molecule has 0 aliphatic carbocycles. The van der Waals surface area contributed by atoms with Crippen LogP contribution in [0.3, 0.4) is 0 Å². The molecule has 5 rings (SSSR count). The molecule has 0 N–H and O–H groups in total. The van der Waals surface area contributed by atoms with Crippen LogP contribution in [-0.2, 0) is 0 Å². The van der Waals surface area contributed by atoms with E-state index in [0.29, 0.717) is 0 Å². The highest BCUT2D eigenvalue weighted by Crippen LogP contribution is 2.28. The van der Waals surface area contributed by atoms with E-state index in [2.05, 4.69) is 33.8 Å². The van der Waals surface area contributed by atoms with Gasteiger partial charge in [0.2, 0.25) is 0 Å². The summed E-state index contributed by atoms with van der Waals surface area (Å²) in [6, 6.07) is 24.4. The third-order valence-corrected chi connectivity index (χ3v) is 4.30. The molecule has 0 radical (unpaired) electrons. The van der Waals surface area contributed by atoms with Gasteiger partial charge in [0.15, 0.2) is 5.82 Å². The molecule has 2 aromatic carbocycles. The average molecular weight is 322 g/mol. The highest BCUT2D eigenvalue weighted by Gasteiger charge is 2.15. The Bertz CT molecular complexity index is 1190. The minimum atomic E-state index is 0.819. The third kappa shape index (κ3) is 2.27. The monoisotopic (exact) mass is 322 g/mol. The molecule has 3 aromatic heterocycles. The first-order valence-electron chi connectivity index (χ1n) is 8.14. The van der Waals surface area contributed by atoms with Gasteiger partial charge in [-0.1, -0.05) is 42.5 Å². The molecule has 0 unspecified atom stereocenters. The summed E-state index contributed by atoms with van der Waals surface area (Å²) in [5.41, 5.74) is 4.74. The number of para-hydroxylation sites is 2. The van der Waals surface area contributed by atoms with Crippen LogP contribution < -0.4 is 0 Å². The molecule has 0 atom stereocenters. The summed E-state index contributed by atoms with van der Waals surface area (Å²) < 4.78 is 2.13. The lowest BCUT2D eigenvalue weighted by atomic mass is 10.2. The molecule has 0 aliphatic heterocycles. The summed E-state index contributed by atoms with van der Waals surface area (Å²) in [7, 11) is 0. The molecule has 0 amide bonds. The van der Waals surface area contributed by atoms with Crippen molar-refractivity contribution < 1.29 is 0 Å². The minimum absolute atomic E-state index is 0.819. The van der Waals surface area contributed by atoms with Crippen LogP contribution >= 0.6 is 0 Å². The summed E-state index contributed by atoms with van der Waals surface area (Å²) in [5.74, 6) is 0.819. The summed E-state index contributed by atoms with van der Waals surface area (Å²) in [6.45, 7) is 0. The van der Waals surface area contributed by atoms with Gasteiger partial charge in [-0.2, -0.15) is 0 Å². The molecular formula is C21H14N4. The van der Waals surface area contributed by atoms with E-state index >= 15 is 0 Å². The van der Waals surface area contributed by atoms with Crippen molar-refractivity contribution in [1.29, 1.82) is 0 Å². The van der Waals surface area contributed by atoms with Crippen LogP contribution in [0.15, 0.2) is 85.2 Å². The Balaban J connectivity index is 1.83. The Labute approximate surface area is 144 Å². The first-order valence-corrected chi connectivity index (χ1v) is 8.14. The van der Waals surface area contributed by atoms with Gasteiger partial charge >= 0.3 is 0 Å². The SMILES string of the molecule is c1ccc(-n2c(-c3ccc4ccccc4n3)nc3cnccc32)cc1. The van der Waals surface area contributed by atoms with E-state index in [9.17, 15) is 0 Å². The molecule has 0 spiro atoms. The van der Waals surface area contributed by atoms with E-state index in [0.717, 1.165) is 39.1 Å². The average Bonchev–Trinajstić information content (AvgIpc) is 3.08. The molecule has 118 valence electrons. The van der Waals surface area contributed by atoms with E-state index in [4.69, 9.17) is 9.97 Å². The lowest BCUT2D eigenvalue weighted by molar-refractivity contribution is 1.09. The second-order valence-corrected chi connectivity index (χ2v) is 5.86. The maximum Gasteiger partial charge on any atom is 0.164 e. The molecule has 0 aliphatic rings. The van der Waals surface area contributed by atoms with Crippen molar-refractivity contribution in [3.05, 3.63) is 85.2 Å². The second kappa shape index (κ2) is 5.53. The van der Waals surface area contributed by atoms with Gasteiger partial charge in [0.1, 0.15) is 11.2 Å². The van der Waals surface area contributed by atoms with Crippen LogP contribution in [0.25, 0.3) is 39.1 Å². The summed E-state index contributed by atoms with van der Waals surface area (Å²) in [4.78, 5) is 13.8. The fourth-order valence-corrected chi connectivity index (χ4v) is 3.13. The first kappa shape index (κ1) is 13.9. The van der Waals surface area contributed by atoms with Crippen molar-refractivity contribution in [2.24, 2.45) is 0 Å². The molecule has 3 heterocycles. The van der Waals surface area contributed by atoms with E-state index < -0.39 is 0 Å². The number of rotatable bonds is 2. The van der Waals surface area contributed by atoms with Gasteiger partial charge in [-0.3, -0.25) is 9.55 Å². The van der Waals surface area contributed by atoms with Crippen molar-refractivity contribution in [2.45, 2.75) is 0 Å². The zero-order chi connectivity index (χ0) is 16.6. The Kier molecular flexibility index (Phi) is 3.07. The van der Waals surface area contributed by atoms with Gasteiger partial charge in [0.05, 0.1) is 17.2 Å². The van der Waals surface area contributed by atoms with Gasteiger partial charge < -0.3 is 0 Å². The van der Waals surface area contributed by atoms with Crippen molar-refractivity contribution >= 4 is 21.9 Å². The molecule has 0 bridgehead atoms.